The number of benzene rings is 1. The SMILES string of the molecule is COCC(=O)N1CCC2(CC1)CN(C(C)C)C2c1ccc(Cl)cc1. The molecule has 2 fully saturated rings. The lowest BCUT2D eigenvalue weighted by Gasteiger charge is -2.62. The summed E-state index contributed by atoms with van der Waals surface area (Å²) in [5.74, 6) is 0.107. The summed E-state index contributed by atoms with van der Waals surface area (Å²) in [7, 11) is 1.58. The van der Waals surface area contributed by atoms with Gasteiger partial charge in [0.05, 0.1) is 0 Å². The molecule has 132 valence electrons. The molecule has 1 aromatic carbocycles. The molecular formula is C19H27ClN2O2. The van der Waals surface area contributed by atoms with Crippen LogP contribution in [0, 0.1) is 5.41 Å². The van der Waals surface area contributed by atoms with Gasteiger partial charge < -0.3 is 9.64 Å². The van der Waals surface area contributed by atoms with Crippen LogP contribution in [0.3, 0.4) is 0 Å². The maximum Gasteiger partial charge on any atom is 0.248 e. The van der Waals surface area contributed by atoms with Crippen LogP contribution in [0.5, 0.6) is 0 Å². The molecule has 1 atom stereocenters. The summed E-state index contributed by atoms with van der Waals surface area (Å²) in [6.07, 6.45) is 2.11. The smallest absolute Gasteiger partial charge is 0.248 e. The number of carbonyl (C=O) groups is 1. The van der Waals surface area contributed by atoms with Crippen molar-refractivity contribution in [2.24, 2.45) is 5.41 Å². The molecule has 2 saturated heterocycles. The van der Waals surface area contributed by atoms with Gasteiger partial charge in [-0.3, -0.25) is 9.69 Å². The molecule has 0 bridgehead atoms. The predicted octanol–water partition coefficient (Wildman–Crippen LogP) is 3.36. The summed E-state index contributed by atoms with van der Waals surface area (Å²) in [6, 6.07) is 9.23. The van der Waals surface area contributed by atoms with Crippen LogP contribution in [-0.4, -0.2) is 55.1 Å². The lowest BCUT2D eigenvalue weighted by Crippen LogP contribution is -2.64. The summed E-state index contributed by atoms with van der Waals surface area (Å²) in [5, 5.41) is 0.781. The van der Waals surface area contributed by atoms with Crippen LogP contribution in [0.4, 0.5) is 0 Å². The highest BCUT2D eigenvalue weighted by Gasteiger charge is 2.54. The Morgan fingerprint density at radius 3 is 2.46 bits per heavy atom. The first kappa shape index (κ1) is 17.7. The number of piperidine rings is 1. The van der Waals surface area contributed by atoms with E-state index in [0.717, 1.165) is 37.5 Å². The Hall–Kier alpha value is -1.10. The van der Waals surface area contributed by atoms with Crippen molar-refractivity contribution in [3.05, 3.63) is 34.9 Å². The zero-order valence-electron chi connectivity index (χ0n) is 14.8. The fraction of sp³-hybridized carbons (Fsp3) is 0.632. The van der Waals surface area contributed by atoms with Crippen LogP contribution in [-0.2, 0) is 9.53 Å². The van der Waals surface area contributed by atoms with Crippen molar-refractivity contribution in [3.63, 3.8) is 0 Å². The third kappa shape index (κ3) is 3.19. The fourth-order valence-electron chi connectivity index (χ4n) is 4.30. The number of halogens is 1. The molecule has 1 amide bonds. The van der Waals surface area contributed by atoms with Crippen molar-refractivity contribution in [2.75, 3.05) is 33.4 Å². The van der Waals surface area contributed by atoms with Gasteiger partial charge in [-0.2, -0.15) is 0 Å². The van der Waals surface area contributed by atoms with E-state index in [-0.39, 0.29) is 17.9 Å². The largest absolute Gasteiger partial charge is 0.375 e. The van der Waals surface area contributed by atoms with Gasteiger partial charge in [-0.05, 0) is 44.4 Å². The van der Waals surface area contributed by atoms with Gasteiger partial charge >= 0.3 is 0 Å². The molecule has 2 aliphatic heterocycles. The second kappa shape index (κ2) is 7.03. The molecule has 0 aliphatic carbocycles. The first-order chi connectivity index (χ1) is 11.5. The molecule has 0 aromatic heterocycles. The lowest BCUT2D eigenvalue weighted by atomic mass is 9.62. The predicted molar refractivity (Wildman–Crippen MR) is 96.2 cm³/mol. The van der Waals surface area contributed by atoms with Crippen molar-refractivity contribution in [2.45, 2.75) is 38.8 Å². The van der Waals surface area contributed by atoms with Crippen molar-refractivity contribution in [3.8, 4) is 0 Å². The summed E-state index contributed by atoms with van der Waals surface area (Å²) in [6.45, 7) is 7.48. The molecule has 4 nitrogen and oxygen atoms in total. The topological polar surface area (TPSA) is 32.8 Å². The van der Waals surface area contributed by atoms with Gasteiger partial charge in [0, 0.05) is 49.3 Å². The normalized spacial score (nSPS) is 23.5. The van der Waals surface area contributed by atoms with Crippen molar-refractivity contribution in [1.82, 2.24) is 9.80 Å². The standard InChI is InChI=1S/C19H27ClN2O2/c1-14(2)22-13-19(18(22)15-4-6-16(20)7-5-15)8-10-21(11-9-19)17(23)12-24-3/h4-7,14,18H,8-13H2,1-3H3. The summed E-state index contributed by atoms with van der Waals surface area (Å²) in [5.41, 5.74) is 1.62. The Kier molecular flexibility index (Phi) is 5.19. The minimum Gasteiger partial charge on any atom is -0.375 e. The second-order valence-electron chi connectivity index (χ2n) is 7.40. The van der Waals surface area contributed by atoms with E-state index < -0.39 is 0 Å². The van der Waals surface area contributed by atoms with Crippen LogP contribution >= 0.6 is 11.6 Å². The second-order valence-corrected chi connectivity index (χ2v) is 7.83. The summed E-state index contributed by atoms with van der Waals surface area (Å²) >= 11 is 6.07. The number of carbonyl (C=O) groups excluding carboxylic acids is 1. The van der Waals surface area contributed by atoms with Gasteiger partial charge in [-0.1, -0.05) is 23.7 Å². The molecule has 5 heteroatoms. The fourth-order valence-corrected chi connectivity index (χ4v) is 4.43. The van der Waals surface area contributed by atoms with Gasteiger partial charge in [0.15, 0.2) is 0 Å². The zero-order chi connectivity index (χ0) is 17.3. The van der Waals surface area contributed by atoms with Crippen LogP contribution in [0.2, 0.25) is 5.02 Å². The minimum atomic E-state index is 0.107. The number of amides is 1. The molecule has 24 heavy (non-hydrogen) atoms. The number of hydrogen-bond donors (Lipinski definition) is 0. The highest BCUT2D eigenvalue weighted by Crippen LogP contribution is 2.55. The molecular weight excluding hydrogens is 324 g/mol. The Labute approximate surface area is 149 Å². The maximum absolute atomic E-state index is 12.1. The van der Waals surface area contributed by atoms with Crippen LogP contribution in [0.15, 0.2) is 24.3 Å². The first-order valence-corrected chi connectivity index (χ1v) is 9.12. The average Bonchev–Trinajstić information content (AvgIpc) is 2.55. The van der Waals surface area contributed by atoms with E-state index in [1.807, 2.05) is 17.0 Å². The molecule has 3 rings (SSSR count). The molecule has 1 aromatic rings. The molecule has 2 heterocycles. The van der Waals surface area contributed by atoms with Crippen LogP contribution in [0.1, 0.15) is 38.3 Å². The minimum absolute atomic E-state index is 0.107. The zero-order valence-corrected chi connectivity index (χ0v) is 15.6. The van der Waals surface area contributed by atoms with Crippen LogP contribution in [0.25, 0.3) is 0 Å². The van der Waals surface area contributed by atoms with E-state index in [1.165, 1.54) is 5.56 Å². The van der Waals surface area contributed by atoms with E-state index in [0.29, 0.717) is 12.1 Å². The number of methoxy groups -OCH3 is 1. The van der Waals surface area contributed by atoms with Crippen molar-refractivity contribution < 1.29 is 9.53 Å². The van der Waals surface area contributed by atoms with E-state index in [2.05, 4.69) is 30.9 Å². The number of rotatable bonds is 4. The van der Waals surface area contributed by atoms with E-state index >= 15 is 0 Å². The molecule has 0 radical (unpaired) electrons. The number of ether oxygens (including phenoxy) is 1. The third-order valence-electron chi connectivity index (χ3n) is 5.64. The highest BCUT2D eigenvalue weighted by molar-refractivity contribution is 6.30. The van der Waals surface area contributed by atoms with Gasteiger partial charge in [-0.25, -0.2) is 0 Å². The number of nitrogens with zero attached hydrogens (tertiary/aromatic N) is 2. The van der Waals surface area contributed by atoms with Gasteiger partial charge in [0.2, 0.25) is 5.91 Å². The Morgan fingerprint density at radius 2 is 1.92 bits per heavy atom. The summed E-state index contributed by atoms with van der Waals surface area (Å²) in [4.78, 5) is 16.6. The first-order valence-electron chi connectivity index (χ1n) is 8.75. The van der Waals surface area contributed by atoms with Gasteiger partial charge in [-0.15, -0.1) is 0 Å². The average molecular weight is 351 g/mol. The quantitative estimate of drug-likeness (QED) is 0.834. The van der Waals surface area contributed by atoms with Crippen LogP contribution < -0.4 is 0 Å². The number of likely N-dealkylation sites (tertiary alicyclic amines) is 2. The van der Waals surface area contributed by atoms with E-state index in [9.17, 15) is 4.79 Å². The summed E-state index contributed by atoms with van der Waals surface area (Å²) < 4.78 is 4.99. The number of hydrogen-bond acceptors (Lipinski definition) is 3. The Bertz CT molecular complexity index is 580. The van der Waals surface area contributed by atoms with E-state index in [4.69, 9.17) is 16.3 Å². The Morgan fingerprint density at radius 1 is 1.29 bits per heavy atom. The molecule has 1 unspecified atom stereocenters. The molecule has 2 aliphatic rings. The maximum atomic E-state index is 12.1. The van der Waals surface area contributed by atoms with E-state index in [1.54, 1.807) is 7.11 Å². The van der Waals surface area contributed by atoms with Gasteiger partial charge in [0.1, 0.15) is 6.61 Å². The monoisotopic (exact) mass is 350 g/mol. The molecule has 1 spiro atoms. The molecule has 0 N–H and O–H groups in total. The lowest BCUT2D eigenvalue weighted by molar-refractivity contribution is -0.150. The third-order valence-corrected chi connectivity index (χ3v) is 5.89. The highest BCUT2D eigenvalue weighted by atomic mass is 35.5. The van der Waals surface area contributed by atoms with Gasteiger partial charge in [0.25, 0.3) is 0 Å². The Balaban J connectivity index is 1.75. The van der Waals surface area contributed by atoms with Crippen molar-refractivity contribution >= 4 is 17.5 Å². The van der Waals surface area contributed by atoms with Crippen molar-refractivity contribution in [1.29, 1.82) is 0 Å². The molecule has 0 saturated carbocycles.